The highest BCUT2D eigenvalue weighted by Gasteiger charge is 2.33. The van der Waals surface area contributed by atoms with Crippen LogP contribution in [0.5, 0.6) is 0 Å². The van der Waals surface area contributed by atoms with Gasteiger partial charge in [0.05, 0.1) is 0 Å². The van der Waals surface area contributed by atoms with Crippen molar-refractivity contribution in [1.82, 2.24) is 0 Å². The van der Waals surface area contributed by atoms with Crippen LogP contribution in [-0.4, -0.2) is 0 Å². The molecule has 9 aromatic rings. The third-order valence-corrected chi connectivity index (χ3v) is 10.2. The monoisotopic (exact) mass is 606 g/mol. The van der Waals surface area contributed by atoms with E-state index in [0.29, 0.717) is 0 Å². The van der Waals surface area contributed by atoms with E-state index in [4.69, 9.17) is 0 Å². The first-order valence-corrected chi connectivity index (χ1v) is 16.7. The van der Waals surface area contributed by atoms with Crippen LogP contribution in [0.25, 0.3) is 99.1 Å². The summed E-state index contributed by atoms with van der Waals surface area (Å²) in [5.74, 6) is 0. The van der Waals surface area contributed by atoms with Crippen molar-refractivity contribution in [1.29, 1.82) is 0 Å². The van der Waals surface area contributed by atoms with Gasteiger partial charge in [0.1, 0.15) is 0 Å². The normalized spacial score (nSPS) is 11.8. The van der Waals surface area contributed by atoms with E-state index < -0.39 is 0 Å². The molecule has 0 aliphatic heterocycles. The van der Waals surface area contributed by atoms with Gasteiger partial charge in [-0.15, -0.1) is 0 Å². The Morgan fingerprint density at radius 2 is 0.542 bits per heavy atom. The van der Waals surface area contributed by atoms with Crippen molar-refractivity contribution in [2.24, 2.45) is 0 Å². The molecule has 0 heterocycles. The summed E-state index contributed by atoms with van der Waals surface area (Å²) in [5, 5.41) is 7.74. The summed E-state index contributed by atoms with van der Waals surface area (Å²) in [6, 6.07) is 66.9. The van der Waals surface area contributed by atoms with E-state index in [1.807, 2.05) is 0 Å². The minimum absolute atomic E-state index is 1.23. The van der Waals surface area contributed by atoms with Gasteiger partial charge in [-0.3, -0.25) is 0 Å². The molecule has 1 aliphatic rings. The topological polar surface area (TPSA) is 0 Å². The molecular formula is C48H30. The lowest BCUT2D eigenvalue weighted by molar-refractivity contribution is 1.61. The molecule has 0 nitrogen and oxygen atoms in total. The van der Waals surface area contributed by atoms with E-state index in [0.717, 1.165) is 0 Å². The van der Waals surface area contributed by atoms with E-state index in [-0.39, 0.29) is 0 Å². The quantitative estimate of drug-likeness (QED) is 0.175. The summed E-state index contributed by atoms with van der Waals surface area (Å²) < 4.78 is 0. The molecule has 0 saturated carbocycles. The number of hydrogen-bond acceptors (Lipinski definition) is 0. The van der Waals surface area contributed by atoms with Crippen LogP contribution in [0.2, 0.25) is 0 Å². The maximum Gasteiger partial charge on any atom is -0.000116 e. The Kier molecular flexibility index (Phi) is 5.98. The molecule has 0 saturated heterocycles. The van der Waals surface area contributed by atoms with E-state index in [1.54, 1.807) is 0 Å². The summed E-state index contributed by atoms with van der Waals surface area (Å²) in [6.45, 7) is 0. The van der Waals surface area contributed by atoms with Gasteiger partial charge in [0, 0.05) is 0 Å². The highest BCUT2D eigenvalue weighted by molar-refractivity contribution is 6.35. The smallest absolute Gasteiger partial charge is 0.000116 e. The van der Waals surface area contributed by atoms with Crippen molar-refractivity contribution in [2.75, 3.05) is 0 Å². The lowest BCUT2D eigenvalue weighted by Crippen LogP contribution is -1.99. The van der Waals surface area contributed by atoms with E-state index in [9.17, 15) is 0 Å². The summed E-state index contributed by atoms with van der Waals surface area (Å²) in [4.78, 5) is 0. The Hall–Kier alpha value is -6.24. The van der Waals surface area contributed by atoms with Crippen molar-refractivity contribution in [3.63, 3.8) is 0 Å². The van der Waals surface area contributed by atoms with Crippen LogP contribution < -0.4 is 0 Å². The Morgan fingerprint density at radius 3 is 0.917 bits per heavy atom. The van der Waals surface area contributed by atoms with Crippen molar-refractivity contribution >= 4 is 32.3 Å². The second-order valence-electron chi connectivity index (χ2n) is 12.7. The molecule has 0 atom stereocenters. The summed E-state index contributed by atoms with van der Waals surface area (Å²) in [5.41, 5.74) is 15.3. The summed E-state index contributed by atoms with van der Waals surface area (Å²) >= 11 is 0. The van der Waals surface area contributed by atoms with Crippen LogP contribution in [0.1, 0.15) is 0 Å². The molecule has 0 heteroatoms. The molecule has 222 valence electrons. The predicted octanol–water partition coefficient (Wildman–Crippen LogP) is 13.5. The minimum atomic E-state index is 1.23. The molecule has 0 bridgehead atoms. The molecule has 10 rings (SSSR count). The van der Waals surface area contributed by atoms with Crippen LogP contribution in [0.4, 0.5) is 0 Å². The zero-order valence-electron chi connectivity index (χ0n) is 26.3. The Bertz CT molecular complexity index is 2490. The molecule has 1 aliphatic carbocycles. The average Bonchev–Trinajstić information content (AvgIpc) is 3.49. The SMILES string of the molecule is c1ccc(-c2c3c(c(-c4ccccc4)c4c(-c5ccccc5)c5ccccc5c(-c5ccccc5)c24)-c2cccc4cccc-3c24)cc1. The zero-order chi connectivity index (χ0) is 31.6. The fourth-order valence-corrected chi connectivity index (χ4v) is 8.33. The molecule has 0 amide bonds. The Morgan fingerprint density at radius 1 is 0.208 bits per heavy atom. The Balaban J connectivity index is 1.60. The molecule has 0 aromatic heterocycles. The number of fused-ring (bicyclic) bond motifs is 5. The first-order chi connectivity index (χ1) is 23.9. The van der Waals surface area contributed by atoms with Gasteiger partial charge in [0.2, 0.25) is 0 Å². The predicted molar refractivity (Wildman–Crippen MR) is 205 cm³/mol. The largest absolute Gasteiger partial charge is 0.0622 e. The standard InChI is InChI=1S/C48H30/c1-5-17-32(18-6-1)41-36-27-13-14-28-37(36)42(33-19-7-2-8-20-33)48-44(35-23-11-4-12-24-35)46-39-30-16-26-31-25-15-29-38(40(31)39)45(46)43(47(41)48)34-21-9-3-10-22-34/h1-30H. The van der Waals surface area contributed by atoms with Crippen LogP contribution in [0.15, 0.2) is 182 Å². The Labute approximate surface area is 280 Å². The molecule has 0 N–H and O–H groups in total. The minimum Gasteiger partial charge on any atom is -0.0622 e. The van der Waals surface area contributed by atoms with Gasteiger partial charge in [0.25, 0.3) is 0 Å². The molecule has 9 aromatic carbocycles. The van der Waals surface area contributed by atoms with Crippen LogP contribution in [0, 0.1) is 0 Å². The van der Waals surface area contributed by atoms with Crippen molar-refractivity contribution in [3.8, 4) is 66.8 Å². The number of hydrogen-bond donors (Lipinski definition) is 0. The highest BCUT2D eigenvalue weighted by Crippen LogP contribution is 2.61. The van der Waals surface area contributed by atoms with Crippen molar-refractivity contribution < 1.29 is 0 Å². The van der Waals surface area contributed by atoms with Crippen molar-refractivity contribution in [3.05, 3.63) is 182 Å². The average molecular weight is 607 g/mol. The fraction of sp³-hybridized carbons (Fsp3) is 0. The third-order valence-electron chi connectivity index (χ3n) is 10.2. The lowest BCUT2D eigenvalue weighted by atomic mass is 9.76. The summed E-state index contributed by atoms with van der Waals surface area (Å²) in [7, 11) is 0. The van der Waals surface area contributed by atoms with E-state index in [2.05, 4.69) is 182 Å². The molecule has 0 spiro atoms. The fourth-order valence-electron chi connectivity index (χ4n) is 8.33. The molecule has 0 fully saturated rings. The second-order valence-corrected chi connectivity index (χ2v) is 12.7. The number of rotatable bonds is 4. The number of benzene rings is 9. The van der Waals surface area contributed by atoms with Gasteiger partial charge in [-0.1, -0.05) is 182 Å². The van der Waals surface area contributed by atoms with E-state index in [1.165, 1.54) is 99.1 Å². The highest BCUT2D eigenvalue weighted by atomic mass is 14.4. The molecule has 0 radical (unpaired) electrons. The van der Waals surface area contributed by atoms with Gasteiger partial charge in [-0.2, -0.15) is 0 Å². The maximum absolute atomic E-state index is 2.34. The maximum atomic E-state index is 2.34. The first kappa shape index (κ1) is 26.9. The second kappa shape index (κ2) is 10.7. The van der Waals surface area contributed by atoms with Crippen LogP contribution in [0.3, 0.4) is 0 Å². The van der Waals surface area contributed by atoms with Gasteiger partial charge in [-0.25, -0.2) is 0 Å². The molecule has 0 unspecified atom stereocenters. The van der Waals surface area contributed by atoms with Gasteiger partial charge >= 0.3 is 0 Å². The zero-order valence-corrected chi connectivity index (χ0v) is 26.3. The van der Waals surface area contributed by atoms with Crippen LogP contribution in [-0.2, 0) is 0 Å². The van der Waals surface area contributed by atoms with Gasteiger partial charge < -0.3 is 0 Å². The van der Waals surface area contributed by atoms with E-state index >= 15 is 0 Å². The van der Waals surface area contributed by atoms with Crippen molar-refractivity contribution in [2.45, 2.75) is 0 Å². The lowest BCUT2D eigenvalue weighted by Gasteiger charge is -2.26. The molecular weight excluding hydrogens is 577 g/mol. The molecule has 48 heavy (non-hydrogen) atoms. The first-order valence-electron chi connectivity index (χ1n) is 16.7. The third kappa shape index (κ3) is 3.84. The summed E-state index contributed by atoms with van der Waals surface area (Å²) in [6.07, 6.45) is 0. The van der Waals surface area contributed by atoms with Gasteiger partial charge in [-0.05, 0) is 99.1 Å². The van der Waals surface area contributed by atoms with Gasteiger partial charge in [0.15, 0.2) is 0 Å². The van der Waals surface area contributed by atoms with Crippen LogP contribution >= 0.6 is 0 Å².